The molecule has 2 aromatic rings. The fourth-order valence-corrected chi connectivity index (χ4v) is 4.41. The fourth-order valence-electron chi connectivity index (χ4n) is 3.22. The summed E-state index contributed by atoms with van der Waals surface area (Å²) in [7, 11) is 1.02. The Kier molecular flexibility index (Phi) is 9.71. The van der Waals surface area contributed by atoms with Crippen LogP contribution in [0.4, 0.5) is 0 Å². The van der Waals surface area contributed by atoms with Crippen molar-refractivity contribution in [2.45, 2.75) is 44.9 Å². The average molecular weight is 401 g/mol. The monoisotopic (exact) mass is 401 g/mol. The van der Waals surface area contributed by atoms with Crippen LogP contribution in [-0.4, -0.2) is 25.9 Å². The third-order valence-corrected chi connectivity index (χ3v) is 6.19. The van der Waals surface area contributed by atoms with Crippen molar-refractivity contribution in [1.29, 1.82) is 0 Å². The van der Waals surface area contributed by atoms with Gasteiger partial charge < -0.3 is 9.47 Å². The first kappa shape index (κ1) is 22.1. The Hall–Kier alpha value is -2.19. The zero-order valence-electron chi connectivity index (χ0n) is 16.9. The molecule has 0 saturated heterocycles. The summed E-state index contributed by atoms with van der Waals surface area (Å²) in [6.07, 6.45) is 8.05. The molecular weight excluding hydrogens is 371 g/mol. The van der Waals surface area contributed by atoms with Gasteiger partial charge in [0.1, 0.15) is 11.5 Å². The third kappa shape index (κ3) is 6.76. The standard InChI is InChI=1S/C23H30O4P/c1-26-20-16-12-17-21(27-2)22(20)23(24)28(25)18-11-6-4-3-5-8-13-19-14-9-7-10-15-19/h7,9-10,12,14-17H,3-6,8,11,13,18H2,1-2H3/q+1. The van der Waals surface area contributed by atoms with E-state index in [0.29, 0.717) is 17.7 Å². The molecule has 5 heteroatoms. The number of ether oxygens (including phenoxy) is 2. The molecule has 2 rings (SSSR count). The number of rotatable bonds is 13. The number of unbranched alkanes of at least 4 members (excludes halogenated alkanes) is 5. The Balaban J connectivity index is 1.66. The van der Waals surface area contributed by atoms with Gasteiger partial charge in [0, 0.05) is 0 Å². The lowest BCUT2D eigenvalue weighted by molar-refractivity contribution is 0.107. The Labute approximate surface area is 169 Å². The van der Waals surface area contributed by atoms with E-state index in [9.17, 15) is 9.36 Å². The summed E-state index contributed by atoms with van der Waals surface area (Å²) >= 11 is 0. The van der Waals surface area contributed by atoms with E-state index in [4.69, 9.17) is 9.47 Å². The lowest BCUT2D eigenvalue weighted by Gasteiger charge is -2.07. The van der Waals surface area contributed by atoms with Crippen molar-refractivity contribution in [2.24, 2.45) is 0 Å². The number of hydrogen-bond donors (Lipinski definition) is 0. The van der Waals surface area contributed by atoms with E-state index in [0.717, 1.165) is 25.7 Å². The second-order valence-electron chi connectivity index (χ2n) is 6.80. The normalized spacial score (nSPS) is 11.1. The second-order valence-corrected chi connectivity index (χ2v) is 8.41. The van der Waals surface area contributed by atoms with Crippen molar-refractivity contribution in [3.05, 3.63) is 59.7 Å². The average Bonchev–Trinajstić information content (AvgIpc) is 2.74. The van der Waals surface area contributed by atoms with Crippen LogP contribution in [0.15, 0.2) is 48.5 Å². The lowest BCUT2D eigenvalue weighted by atomic mass is 10.1. The minimum absolute atomic E-state index is 0.287. The van der Waals surface area contributed by atoms with Crippen LogP contribution in [0, 0.1) is 0 Å². The molecule has 1 unspecified atom stereocenters. The van der Waals surface area contributed by atoms with Crippen molar-refractivity contribution >= 4 is 13.3 Å². The summed E-state index contributed by atoms with van der Waals surface area (Å²) in [4.78, 5) is 12.6. The van der Waals surface area contributed by atoms with Gasteiger partial charge in [-0.2, -0.15) is 0 Å². The number of carbonyl (C=O) groups excluding carboxylic acids is 1. The number of carbonyl (C=O) groups is 1. The molecule has 0 aliphatic carbocycles. The van der Waals surface area contributed by atoms with Crippen LogP contribution in [0.5, 0.6) is 11.5 Å². The zero-order valence-corrected chi connectivity index (χ0v) is 17.8. The first-order valence-corrected chi connectivity index (χ1v) is 11.4. The molecule has 0 bridgehead atoms. The van der Waals surface area contributed by atoms with Crippen molar-refractivity contribution in [1.82, 2.24) is 0 Å². The van der Waals surface area contributed by atoms with E-state index in [1.807, 2.05) is 6.07 Å². The largest absolute Gasteiger partial charge is 0.496 e. The van der Waals surface area contributed by atoms with E-state index >= 15 is 0 Å². The number of benzene rings is 2. The van der Waals surface area contributed by atoms with E-state index < -0.39 is 7.80 Å². The summed E-state index contributed by atoms with van der Waals surface area (Å²) < 4.78 is 22.9. The molecule has 0 N–H and O–H groups in total. The highest BCUT2D eigenvalue weighted by atomic mass is 31.1. The SMILES string of the molecule is COc1cccc(OC)c1C(=O)[P+](=O)CCCCCCCCc1ccccc1. The van der Waals surface area contributed by atoms with Gasteiger partial charge in [-0.1, -0.05) is 60.2 Å². The molecule has 2 aromatic carbocycles. The van der Waals surface area contributed by atoms with Gasteiger partial charge in [-0.15, -0.1) is 0 Å². The molecular formula is C23H30O4P+. The second kappa shape index (κ2) is 12.3. The van der Waals surface area contributed by atoms with E-state index in [1.54, 1.807) is 18.2 Å². The van der Waals surface area contributed by atoms with Gasteiger partial charge in [-0.3, -0.25) is 0 Å². The number of hydrogen-bond acceptors (Lipinski definition) is 4. The predicted molar refractivity (Wildman–Crippen MR) is 114 cm³/mol. The van der Waals surface area contributed by atoms with Crippen LogP contribution in [0.25, 0.3) is 0 Å². The van der Waals surface area contributed by atoms with Crippen LogP contribution in [-0.2, 0) is 11.0 Å². The summed E-state index contributed by atoms with van der Waals surface area (Å²) in [5, 5.41) is 0. The molecule has 0 amide bonds. The molecule has 0 radical (unpaired) electrons. The van der Waals surface area contributed by atoms with Crippen LogP contribution < -0.4 is 9.47 Å². The van der Waals surface area contributed by atoms with Gasteiger partial charge >= 0.3 is 13.3 Å². The highest BCUT2D eigenvalue weighted by Crippen LogP contribution is 2.37. The molecule has 150 valence electrons. The van der Waals surface area contributed by atoms with Gasteiger partial charge in [0.25, 0.3) is 0 Å². The first-order valence-electron chi connectivity index (χ1n) is 9.91. The van der Waals surface area contributed by atoms with Gasteiger partial charge in [-0.25, -0.2) is 4.79 Å². The predicted octanol–water partition coefficient (Wildman–Crippen LogP) is 6.25. The molecule has 0 saturated carbocycles. The Morgan fingerprint density at radius 2 is 1.36 bits per heavy atom. The van der Waals surface area contributed by atoms with Crippen molar-refractivity contribution in [2.75, 3.05) is 20.4 Å². The molecule has 28 heavy (non-hydrogen) atoms. The maximum atomic E-state index is 12.6. The maximum absolute atomic E-state index is 12.6. The maximum Gasteiger partial charge on any atom is 0.420 e. The smallest absolute Gasteiger partial charge is 0.420 e. The van der Waals surface area contributed by atoms with Crippen LogP contribution >= 0.6 is 7.80 Å². The quantitative estimate of drug-likeness (QED) is 0.294. The van der Waals surface area contributed by atoms with Crippen LogP contribution in [0.2, 0.25) is 0 Å². The minimum atomic E-state index is -1.97. The summed E-state index contributed by atoms with van der Waals surface area (Å²) in [6.45, 7) is 0. The molecule has 0 aromatic heterocycles. The van der Waals surface area contributed by atoms with E-state index in [1.165, 1.54) is 39.0 Å². The van der Waals surface area contributed by atoms with Gasteiger partial charge in [0.2, 0.25) is 0 Å². The van der Waals surface area contributed by atoms with E-state index in [-0.39, 0.29) is 11.1 Å². The summed E-state index contributed by atoms with van der Waals surface area (Å²) in [6, 6.07) is 15.7. The van der Waals surface area contributed by atoms with Crippen LogP contribution in [0.1, 0.15) is 54.4 Å². The molecule has 4 nitrogen and oxygen atoms in total. The van der Waals surface area contributed by atoms with Crippen LogP contribution in [0.3, 0.4) is 0 Å². The number of aryl methyl sites for hydroxylation is 1. The van der Waals surface area contributed by atoms with Gasteiger partial charge in [0.05, 0.1) is 14.2 Å². The van der Waals surface area contributed by atoms with Crippen molar-refractivity contribution in [3.8, 4) is 11.5 Å². The highest BCUT2D eigenvalue weighted by Gasteiger charge is 2.34. The molecule has 0 aliphatic heterocycles. The molecule has 1 atom stereocenters. The third-order valence-electron chi connectivity index (χ3n) is 4.79. The molecule has 0 aliphatic rings. The molecule has 0 spiro atoms. The lowest BCUT2D eigenvalue weighted by Crippen LogP contribution is -2.03. The molecule has 0 heterocycles. The van der Waals surface area contributed by atoms with Gasteiger partial charge in [0.15, 0.2) is 11.7 Å². The highest BCUT2D eigenvalue weighted by molar-refractivity contribution is 7.64. The minimum Gasteiger partial charge on any atom is -0.496 e. The van der Waals surface area contributed by atoms with Crippen molar-refractivity contribution in [3.63, 3.8) is 0 Å². The number of methoxy groups -OCH3 is 2. The van der Waals surface area contributed by atoms with Crippen molar-refractivity contribution < 1.29 is 18.8 Å². The fraction of sp³-hybridized carbons (Fsp3) is 0.435. The zero-order chi connectivity index (χ0) is 20.2. The summed E-state index contributed by atoms with van der Waals surface area (Å²) in [5.74, 6) is 0.817. The Morgan fingerprint density at radius 1 is 0.786 bits per heavy atom. The summed E-state index contributed by atoms with van der Waals surface area (Å²) in [5.41, 5.74) is 1.30. The molecule has 0 fully saturated rings. The topological polar surface area (TPSA) is 52.6 Å². The first-order chi connectivity index (χ1) is 13.7. The Morgan fingerprint density at radius 3 is 1.96 bits per heavy atom. The van der Waals surface area contributed by atoms with E-state index in [2.05, 4.69) is 24.3 Å². The Bertz CT molecular complexity index is 736. The van der Waals surface area contributed by atoms with Gasteiger partial charge in [-0.05, 0) is 43.4 Å².